The predicted octanol–water partition coefficient (Wildman–Crippen LogP) is 2.73. The van der Waals surface area contributed by atoms with Crippen molar-refractivity contribution in [3.8, 4) is 0 Å². The van der Waals surface area contributed by atoms with Gasteiger partial charge in [0.2, 0.25) is 0 Å². The molecule has 1 aromatic carbocycles. The maximum absolute atomic E-state index is 12.0. The van der Waals surface area contributed by atoms with E-state index in [1.807, 2.05) is 42.7 Å². The average molecular weight is 295 g/mol. The highest BCUT2D eigenvalue weighted by molar-refractivity contribution is 5.94. The minimum Gasteiger partial charge on any atom is -0.371 e. The summed E-state index contributed by atoms with van der Waals surface area (Å²) in [5.74, 6) is 0.586. The van der Waals surface area contributed by atoms with Crippen molar-refractivity contribution in [2.24, 2.45) is 5.92 Å². The fourth-order valence-corrected chi connectivity index (χ4v) is 2.88. The van der Waals surface area contributed by atoms with Crippen LogP contribution in [0.1, 0.15) is 23.2 Å². The second-order valence-corrected chi connectivity index (χ2v) is 5.71. The van der Waals surface area contributed by atoms with Crippen LogP contribution in [-0.4, -0.2) is 30.5 Å². The summed E-state index contributed by atoms with van der Waals surface area (Å²) in [7, 11) is 0. The van der Waals surface area contributed by atoms with Gasteiger partial charge in [-0.3, -0.25) is 9.78 Å². The van der Waals surface area contributed by atoms with E-state index in [-0.39, 0.29) is 5.91 Å². The largest absolute Gasteiger partial charge is 0.371 e. The normalized spacial score (nSPS) is 15.5. The number of nitrogens with one attached hydrogen (secondary N) is 1. The summed E-state index contributed by atoms with van der Waals surface area (Å²) < 4.78 is 0. The first-order valence-corrected chi connectivity index (χ1v) is 7.81. The van der Waals surface area contributed by atoms with Crippen molar-refractivity contribution in [2.75, 3.05) is 24.5 Å². The zero-order valence-electron chi connectivity index (χ0n) is 12.6. The molecule has 3 rings (SSSR count). The Morgan fingerprint density at radius 2 is 1.77 bits per heavy atom. The fraction of sp³-hybridized carbons (Fsp3) is 0.333. The first-order valence-electron chi connectivity index (χ1n) is 7.81. The maximum Gasteiger partial charge on any atom is 0.251 e. The van der Waals surface area contributed by atoms with Crippen LogP contribution in [0.15, 0.2) is 54.9 Å². The van der Waals surface area contributed by atoms with Gasteiger partial charge in [0.05, 0.1) is 0 Å². The molecular weight excluding hydrogens is 274 g/mol. The van der Waals surface area contributed by atoms with Crippen LogP contribution in [0.4, 0.5) is 5.69 Å². The molecule has 0 radical (unpaired) electrons. The van der Waals surface area contributed by atoms with Gasteiger partial charge in [-0.1, -0.05) is 18.2 Å². The minimum absolute atomic E-state index is 0.0252. The topological polar surface area (TPSA) is 45.2 Å². The molecule has 1 aliphatic rings. The van der Waals surface area contributed by atoms with E-state index in [2.05, 4.69) is 27.3 Å². The van der Waals surface area contributed by atoms with E-state index in [0.29, 0.717) is 5.92 Å². The van der Waals surface area contributed by atoms with Crippen molar-refractivity contribution < 1.29 is 4.79 Å². The van der Waals surface area contributed by atoms with Crippen molar-refractivity contribution in [2.45, 2.75) is 12.8 Å². The lowest BCUT2D eigenvalue weighted by Gasteiger charge is -2.33. The molecule has 2 heterocycles. The van der Waals surface area contributed by atoms with E-state index < -0.39 is 0 Å². The number of nitrogens with zero attached hydrogens (tertiary/aromatic N) is 2. The Hall–Kier alpha value is -2.36. The lowest BCUT2D eigenvalue weighted by Crippen LogP contribution is -2.38. The molecule has 0 bridgehead atoms. The van der Waals surface area contributed by atoms with Gasteiger partial charge in [0.25, 0.3) is 5.91 Å². The Morgan fingerprint density at radius 1 is 1.09 bits per heavy atom. The standard InChI is InChI=1S/C18H21N3O/c22-18(16-4-2-1-3-5-16)20-14-15-8-12-21(13-9-15)17-6-10-19-11-7-17/h1-7,10-11,15H,8-9,12-14H2,(H,20,22). The summed E-state index contributed by atoms with van der Waals surface area (Å²) in [6.45, 7) is 2.84. The number of carbonyl (C=O) groups excluding carboxylic acids is 1. The first kappa shape index (κ1) is 14.6. The summed E-state index contributed by atoms with van der Waals surface area (Å²) in [4.78, 5) is 18.5. The third-order valence-electron chi connectivity index (χ3n) is 4.23. The van der Waals surface area contributed by atoms with Crippen molar-refractivity contribution in [3.05, 3.63) is 60.4 Å². The number of anilines is 1. The molecule has 1 amide bonds. The van der Waals surface area contributed by atoms with E-state index in [4.69, 9.17) is 0 Å². The van der Waals surface area contributed by atoms with Crippen LogP contribution < -0.4 is 10.2 Å². The Bertz CT molecular complexity index is 592. The molecule has 0 atom stereocenters. The fourth-order valence-electron chi connectivity index (χ4n) is 2.88. The summed E-state index contributed by atoms with van der Waals surface area (Å²) in [6, 6.07) is 13.5. The lowest BCUT2D eigenvalue weighted by atomic mass is 9.96. The van der Waals surface area contributed by atoms with E-state index in [0.717, 1.165) is 38.0 Å². The number of rotatable bonds is 4. The van der Waals surface area contributed by atoms with Crippen molar-refractivity contribution >= 4 is 11.6 Å². The Labute approximate surface area is 131 Å². The molecule has 1 saturated heterocycles. The van der Waals surface area contributed by atoms with Gasteiger partial charge >= 0.3 is 0 Å². The Balaban J connectivity index is 1.45. The number of benzene rings is 1. The predicted molar refractivity (Wildman–Crippen MR) is 87.9 cm³/mol. The summed E-state index contributed by atoms with van der Waals surface area (Å²) in [5.41, 5.74) is 1.97. The zero-order chi connectivity index (χ0) is 15.2. The van der Waals surface area contributed by atoms with Crippen LogP contribution in [0.3, 0.4) is 0 Å². The summed E-state index contributed by atoms with van der Waals surface area (Å²) in [5, 5.41) is 3.06. The number of piperidine rings is 1. The van der Waals surface area contributed by atoms with E-state index in [9.17, 15) is 4.79 Å². The second kappa shape index (κ2) is 7.07. The Morgan fingerprint density at radius 3 is 2.45 bits per heavy atom. The van der Waals surface area contributed by atoms with Crippen LogP contribution in [-0.2, 0) is 0 Å². The van der Waals surface area contributed by atoms with Gasteiger partial charge in [-0.2, -0.15) is 0 Å². The van der Waals surface area contributed by atoms with Crippen LogP contribution in [0, 0.1) is 5.92 Å². The van der Waals surface area contributed by atoms with Crippen molar-refractivity contribution in [1.82, 2.24) is 10.3 Å². The molecule has 22 heavy (non-hydrogen) atoms. The molecular formula is C18H21N3O. The summed E-state index contributed by atoms with van der Waals surface area (Å²) in [6.07, 6.45) is 5.89. The number of amides is 1. The zero-order valence-corrected chi connectivity index (χ0v) is 12.6. The lowest BCUT2D eigenvalue weighted by molar-refractivity contribution is 0.0945. The quantitative estimate of drug-likeness (QED) is 0.943. The molecule has 0 aliphatic carbocycles. The molecule has 0 unspecified atom stereocenters. The highest BCUT2D eigenvalue weighted by atomic mass is 16.1. The third kappa shape index (κ3) is 3.64. The summed E-state index contributed by atoms with van der Waals surface area (Å²) >= 11 is 0. The van der Waals surface area contributed by atoms with E-state index >= 15 is 0 Å². The number of hydrogen-bond donors (Lipinski definition) is 1. The minimum atomic E-state index is 0.0252. The molecule has 4 heteroatoms. The number of pyridine rings is 1. The average Bonchev–Trinajstić information content (AvgIpc) is 2.61. The monoisotopic (exact) mass is 295 g/mol. The van der Waals surface area contributed by atoms with Gasteiger partial charge in [-0.15, -0.1) is 0 Å². The molecule has 1 aromatic heterocycles. The highest BCUT2D eigenvalue weighted by Crippen LogP contribution is 2.22. The molecule has 0 saturated carbocycles. The molecule has 1 aliphatic heterocycles. The van der Waals surface area contributed by atoms with Crippen molar-refractivity contribution in [1.29, 1.82) is 0 Å². The number of carbonyl (C=O) groups is 1. The smallest absolute Gasteiger partial charge is 0.251 e. The van der Waals surface area contributed by atoms with Crippen LogP contribution >= 0.6 is 0 Å². The molecule has 1 fully saturated rings. The number of aromatic nitrogens is 1. The van der Waals surface area contributed by atoms with Gasteiger partial charge in [-0.05, 0) is 43.0 Å². The van der Waals surface area contributed by atoms with Crippen LogP contribution in [0.2, 0.25) is 0 Å². The van der Waals surface area contributed by atoms with Gasteiger partial charge in [-0.25, -0.2) is 0 Å². The van der Waals surface area contributed by atoms with Crippen molar-refractivity contribution in [3.63, 3.8) is 0 Å². The molecule has 114 valence electrons. The molecule has 1 N–H and O–H groups in total. The highest BCUT2D eigenvalue weighted by Gasteiger charge is 2.20. The van der Waals surface area contributed by atoms with Gasteiger partial charge in [0, 0.05) is 43.3 Å². The van der Waals surface area contributed by atoms with Crippen LogP contribution in [0.25, 0.3) is 0 Å². The van der Waals surface area contributed by atoms with E-state index in [1.54, 1.807) is 0 Å². The molecule has 2 aromatic rings. The molecule has 4 nitrogen and oxygen atoms in total. The second-order valence-electron chi connectivity index (χ2n) is 5.71. The van der Waals surface area contributed by atoms with E-state index in [1.165, 1.54) is 5.69 Å². The van der Waals surface area contributed by atoms with Crippen LogP contribution in [0.5, 0.6) is 0 Å². The first-order chi connectivity index (χ1) is 10.8. The molecule has 0 spiro atoms. The third-order valence-corrected chi connectivity index (χ3v) is 4.23. The number of hydrogen-bond acceptors (Lipinski definition) is 3. The maximum atomic E-state index is 12.0. The van der Waals surface area contributed by atoms with Gasteiger partial charge in [0.15, 0.2) is 0 Å². The Kier molecular flexibility index (Phi) is 4.68. The van der Waals surface area contributed by atoms with Gasteiger partial charge < -0.3 is 10.2 Å². The van der Waals surface area contributed by atoms with Gasteiger partial charge in [0.1, 0.15) is 0 Å². The SMILES string of the molecule is O=C(NCC1CCN(c2ccncc2)CC1)c1ccccc1.